The minimum absolute atomic E-state index is 0.140. The fourth-order valence-electron chi connectivity index (χ4n) is 3.74. The molecule has 0 atom stereocenters. The SMILES string of the molecule is CC(=O)Oc1ccc(-n2c(C)cc(C=C3C(=O)N(c4ccccc4)N=C3C)c2C)cc1. The number of ether oxygens (including phenoxy) is 1. The van der Waals surface area contributed by atoms with Gasteiger partial charge < -0.3 is 9.30 Å². The van der Waals surface area contributed by atoms with Crippen LogP contribution < -0.4 is 9.75 Å². The van der Waals surface area contributed by atoms with Crippen molar-refractivity contribution in [1.82, 2.24) is 4.57 Å². The Morgan fingerprint density at radius 2 is 1.65 bits per heavy atom. The molecule has 31 heavy (non-hydrogen) atoms. The fraction of sp³-hybridized carbons (Fsp3) is 0.160. The standard InChI is InChI=1S/C25H23N3O3/c1-16-14-20(18(3)27(16)21-10-12-23(13-11-21)31-19(4)29)15-24-17(2)26-28(25(24)30)22-8-6-5-7-9-22/h5-15H,1-4H3. The summed E-state index contributed by atoms with van der Waals surface area (Å²) in [6.07, 6.45) is 1.90. The first-order valence-corrected chi connectivity index (χ1v) is 9.99. The zero-order chi connectivity index (χ0) is 22.1. The topological polar surface area (TPSA) is 63.9 Å². The molecule has 1 aromatic heterocycles. The van der Waals surface area contributed by atoms with Crippen LogP contribution in [0.15, 0.2) is 71.3 Å². The number of benzene rings is 2. The Morgan fingerprint density at radius 3 is 2.29 bits per heavy atom. The minimum Gasteiger partial charge on any atom is -0.427 e. The minimum atomic E-state index is -0.349. The lowest BCUT2D eigenvalue weighted by Crippen LogP contribution is -2.21. The zero-order valence-corrected chi connectivity index (χ0v) is 17.9. The van der Waals surface area contributed by atoms with Crippen molar-refractivity contribution in [2.75, 3.05) is 5.01 Å². The summed E-state index contributed by atoms with van der Waals surface area (Å²) in [7, 11) is 0. The number of hydrogen-bond donors (Lipinski definition) is 0. The van der Waals surface area contributed by atoms with Crippen LogP contribution in [-0.4, -0.2) is 22.2 Å². The van der Waals surface area contributed by atoms with Crippen molar-refractivity contribution in [2.24, 2.45) is 5.10 Å². The summed E-state index contributed by atoms with van der Waals surface area (Å²) in [5.74, 6) is 0.0162. The van der Waals surface area contributed by atoms with Gasteiger partial charge in [-0.25, -0.2) is 0 Å². The Morgan fingerprint density at radius 1 is 0.968 bits per heavy atom. The first-order chi connectivity index (χ1) is 14.8. The predicted octanol–water partition coefficient (Wildman–Crippen LogP) is 4.83. The molecule has 3 aromatic rings. The lowest BCUT2D eigenvalue weighted by molar-refractivity contribution is -0.131. The smallest absolute Gasteiger partial charge is 0.308 e. The van der Waals surface area contributed by atoms with Crippen LogP contribution in [-0.2, 0) is 9.59 Å². The van der Waals surface area contributed by atoms with Crippen LogP contribution >= 0.6 is 0 Å². The number of aryl methyl sites for hydroxylation is 1. The van der Waals surface area contributed by atoms with Crippen molar-refractivity contribution in [3.8, 4) is 11.4 Å². The third-order valence-electron chi connectivity index (χ3n) is 5.19. The second-order valence-electron chi connectivity index (χ2n) is 7.45. The van der Waals surface area contributed by atoms with E-state index in [4.69, 9.17) is 4.74 Å². The molecule has 0 saturated carbocycles. The maximum atomic E-state index is 13.0. The number of hydrazone groups is 1. The van der Waals surface area contributed by atoms with E-state index in [-0.39, 0.29) is 11.9 Å². The highest BCUT2D eigenvalue weighted by Gasteiger charge is 2.29. The number of carbonyl (C=O) groups excluding carboxylic acids is 2. The molecule has 0 saturated heterocycles. The second-order valence-corrected chi connectivity index (χ2v) is 7.45. The van der Waals surface area contributed by atoms with E-state index in [0.29, 0.717) is 17.0 Å². The van der Waals surface area contributed by atoms with Crippen molar-refractivity contribution < 1.29 is 14.3 Å². The number of nitrogens with zero attached hydrogens (tertiary/aromatic N) is 3. The van der Waals surface area contributed by atoms with Gasteiger partial charge in [0.2, 0.25) is 0 Å². The normalized spacial score (nSPS) is 14.8. The zero-order valence-electron chi connectivity index (χ0n) is 17.9. The molecular formula is C25H23N3O3. The van der Waals surface area contributed by atoms with E-state index >= 15 is 0 Å². The van der Waals surface area contributed by atoms with Crippen LogP contribution in [0.25, 0.3) is 11.8 Å². The summed E-state index contributed by atoms with van der Waals surface area (Å²) in [5.41, 5.74) is 5.94. The number of amides is 1. The molecule has 6 nitrogen and oxygen atoms in total. The van der Waals surface area contributed by atoms with Gasteiger partial charge in [0.1, 0.15) is 5.75 Å². The van der Waals surface area contributed by atoms with Crippen molar-refractivity contribution in [2.45, 2.75) is 27.7 Å². The molecule has 0 bridgehead atoms. The van der Waals surface area contributed by atoms with E-state index in [1.807, 2.05) is 75.4 Å². The third-order valence-corrected chi connectivity index (χ3v) is 5.19. The third kappa shape index (κ3) is 3.92. The molecule has 6 heteroatoms. The van der Waals surface area contributed by atoms with Gasteiger partial charge in [0, 0.05) is 24.0 Å². The maximum Gasteiger partial charge on any atom is 0.308 e. The number of rotatable bonds is 4. The molecule has 156 valence electrons. The summed E-state index contributed by atoms with van der Waals surface area (Å²) < 4.78 is 7.22. The largest absolute Gasteiger partial charge is 0.427 e. The number of hydrogen-bond acceptors (Lipinski definition) is 4. The van der Waals surface area contributed by atoms with E-state index in [0.717, 1.165) is 28.3 Å². The predicted molar refractivity (Wildman–Crippen MR) is 122 cm³/mol. The average Bonchev–Trinajstić information content (AvgIpc) is 3.19. The lowest BCUT2D eigenvalue weighted by Gasteiger charge is -2.11. The quantitative estimate of drug-likeness (QED) is 0.350. The number of carbonyl (C=O) groups is 2. The van der Waals surface area contributed by atoms with Crippen LogP contribution in [0.1, 0.15) is 30.8 Å². The highest BCUT2D eigenvalue weighted by atomic mass is 16.5. The molecule has 2 heterocycles. The molecule has 1 aliphatic heterocycles. The lowest BCUT2D eigenvalue weighted by atomic mass is 10.1. The first-order valence-electron chi connectivity index (χ1n) is 9.99. The monoisotopic (exact) mass is 413 g/mol. The molecule has 0 radical (unpaired) electrons. The van der Waals surface area contributed by atoms with Crippen molar-refractivity contribution in [1.29, 1.82) is 0 Å². The molecule has 0 unspecified atom stereocenters. The van der Waals surface area contributed by atoms with Gasteiger partial charge in [-0.15, -0.1) is 0 Å². The average molecular weight is 413 g/mol. The molecule has 0 aliphatic carbocycles. The van der Waals surface area contributed by atoms with E-state index in [1.54, 1.807) is 12.1 Å². The van der Waals surface area contributed by atoms with E-state index < -0.39 is 0 Å². The van der Waals surface area contributed by atoms with Crippen LogP contribution in [0, 0.1) is 13.8 Å². The Bertz CT molecular complexity index is 1220. The fourth-order valence-corrected chi connectivity index (χ4v) is 3.74. The maximum absolute atomic E-state index is 13.0. The molecular weight excluding hydrogens is 390 g/mol. The summed E-state index contributed by atoms with van der Waals surface area (Å²) in [4.78, 5) is 24.2. The molecule has 0 spiro atoms. The van der Waals surface area contributed by atoms with Crippen LogP contribution in [0.3, 0.4) is 0 Å². The van der Waals surface area contributed by atoms with E-state index in [2.05, 4.69) is 9.67 Å². The van der Waals surface area contributed by atoms with Gasteiger partial charge in [-0.2, -0.15) is 10.1 Å². The highest BCUT2D eigenvalue weighted by Crippen LogP contribution is 2.28. The van der Waals surface area contributed by atoms with Gasteiger partial charge >= 0.3 is 5.97 Å². The number of esters is 1. The van der Waals surface area contributed by atoms with E-state index in [1.165, 1.54) is 11.9 Å². The summed E-state index contributed by atoms with van der Waals surface area (Å²) in [5, 5.41) is 5.89. The molecule has 0 N–H and O–H groups in total. The number of aromatic nitrogens is 1. The van der Waals surface area contributed by atoms with Crippen molar-refractivity contribution in [3.05, 3.63) is 83.2 Å². The second kappa shape index (κ2) is 8.07. The van der Waals surface area contributed by atoms with Gasteiger partial charge in [0.15, 0.2) is 0 Å². The van der Waals surface area contributed by atoms with Gasteiger partial charge in [-0.1, -0.05) is 18.2 Å². The van der Waals surface area contributed by atoms with Crippen molar-refractivity contribution in [3.63, 3.8) is 0 Å². The molecule has 2 aromatic carbocycles. The number of anilines is 1. The summed E-state index contributed by atoms with van der Waals surface area (Å²) >= 11 is 0. The number of para-hydroxylation sites is 1. The van der Waals surface area contributed by atoms with Gasteiger partial charge in [-0.05, 0) is 74.9 Å². The Labute approximate surface area is 181 Å². The molecule has 1 aliphatic rings. The summed E-state index contributed by atoms with van der Waals surface area (Å²) in [6.45, 7) is 7.25. The Balaban J connectivity index is 1.66. The van der Waals surface area contributed by atoms with E-state index in [9.17, 15) is 9.59 Å². The first kappa shape index (κ1) is 20.3. The molecule has 1 amide bonds. The molecule has 0 fully saturated rings. The van der Waals surface area contributed by atoms with Gasteiger partial charge in [0.05, 0.1) is 17.0 Å². The summed E-state index contributed by atoms with van der Waals surface area (Å²) in [6, 6.07) is 18.8. The van der Waals surface area contributed by atoms with Crippen LogP contribution in [0.5, 0.6) is 5.75 Å². The van der Waals surface area contributed by atoms with Gasteiger partial charge in [-0.3, -0.25) is 9.59 Å². The van der Waals surface area contributed by atoms with Gasteiger partial charge in [0.25, 0.3) is 5.91 Å². The molecule has 4 rings (SSSR count). The van der Waals surface area contributed by atoms with Crippen molar-refractivity contribution >= 4 is 29.4 Å². The Hall–Kier alpha value is -3.93. The highest BCUT2D eigenvalue weighted by molar-refractivity contribution is 6.32. The van der Waals surface area contributed by atoms with Crippen LogP contribution in [0.2, 0.25) is 0 Å². The Kier molecular flexibility index (Phi) is 5.29. The van der Waals surface area contributed by atoms with Crippen LogP contribution in [0.4, 0.5) is 5.69 Å².